The summed E-state index contributed by atoms with van der Waals surface area (Å²) >= 11 is 8.24. The summed E-state index contributed by atoms with van der Waals surface area (Å²) < 4.78 is 35.7. The first-order valence-electron chi connectivity index (χ1n) is 7.29. The van der Waals surface area contributed by atoms with Crippen LogP contribution in [0.2, 0.25) is 5.02 Å². The van der Waals surface area contributed by atoms with Gasteiger partial charge in [-0.2, -0.15) is 0 Å². The number of benzene rings is 1. The summed E-state index contributed by atoms with van der Waals surface area (Å²) in [5.74, 6) is 0.223. The topological polar surface area (TPSA) is 38.8 Å². The monoisotopic (exact) mass is 471 g/mol. The van der Waals surface area contributed by atoms with Gasteiger partial charge in [0.2, 0.25) is 5.91 Å². The molecule has 0 saturated carbocycles. The average Bonchev–Trinajstić information content (AvgIpc) is 2.53. The van der Waals surface area contributed by atoms with Crippen LogP contribution in [0, 0.1) is 0 Å². The standard InChI is InChI=1S/C16H17ClF2INO3/c1-23-6-7-24-10-2-3-11(12(17)8-10)14-5-4-13(20)16(22)21(14)9-15(18)19/h2-3,5,8,13,15H,4,6-7,9H2,1H3. The van der Waals surface area contributed by atoms with Crippen LogP contribution in [0.1, 0.15) is 12.0 Å². The Kier molecular flexibility index (Phi) is 7.24. The largest absolute Gasteiger partial charge is 0.491 e. The van der Waals surface area contributed by atoms with Crippen LogP contribution >= 0.6 is 34.2 Å². The van der Waals surface area contributed by atoms with E-state index in [-0.39, 0.29) is 9.83 Å². The number of carbonyl (C=O) groups excluding carboxylic acids is 1. The van der Waals surface area contributed by atoms with E-state index in [0.717, 1.165) is 4.90 Å². The Balaban J connectivity index is 2.26. The van der Waals surface area contributed by atoms with Gasteiger partial charge in [0, 0.05) is 18.4 Å². The molecule has 1 unspecified atom stereocenters. The molecular weight excluding hydrogens is 455 g/mol. The zero-order valence-electron chi connectivity index (χ0n) is 13.0. The predicted octanol–water partition coefficient (Wildman–Crippen LogP) is 4.01. The van der Waals surface area contributed by atoms with Gasteiger partial charge in [0.15, 0.2) is 0 Å². The minimum Gasteiger partial charge on any atom is -0.491 e. The van der Waals surface area contributed by atoms with E-state index in [0.29, 0.717) is 41.7 Å². The number of nitrogens with zero attached hydrogens (tertiary/aromatic N) is 1. The molecule has 0 bridgehead atoms. The molecule has 24 heavy (non-hydrogen) atoms. The third-order valence-corrected chi connectivity index (χ3v) is 4.79. The maximum absolute atomic E-state index is 12.9. The Bertz CT molecular complexity index is 627. The minimum atomic E-state index is -2.62. The number of alkyl halides is 3. The lowest BCUT2D eigenvalue weighted by Crippen LogP contribution is -2.40. The van der Waals surface area contributed by atoms with Crippen LogP contribution in [0.25, 0.3) is 5.70 Å². The van der Waals surface area contributed by atoms with Gasteiger partial charge in [-0.25, -0.2) is 8.78 Å². The molecule has 0 saturated heterocycles. The molecule has 2 rings (SSSR count). The van der Waals surface area contributed by atoms with Gasteiger partial charge >= 0.3 is 0 Å². The van der Waals surface area contributed by atoms with Crippen LogP contribution in [0.4, 0.5) is 8.78 Å². The first kappa shape index (κ1) is 19.4. The van der Waals surface area contributed by atoms with E-state index in [1.54, 1.807) is 31.4 Å². The highest BCUT2D eigenvalue weighted by atomic mass is 127. The number of allylic oxidation sites excluding steroid dienone is 1. The molecule has 132 valence electrons. The van der Waals surface area contributed by atoms with Gasteiger partial charge in [-0.05, 0) is 24.6 Å². The first-order valence-corrected chi connectivity index (χ1v) is 8.91. The normalized spacial score (nSPS) is 18.1. The second-order valence-electron chi connectivity index (χ2n) is 5.12. The van der Waals surface area contributed by atoms with Crippen LogP contribution in [0.15, 0.2) is 24.3 Å². The van der Waals surface area contributed by atoms with Crippen molar-refractivity contribution in [2.45, 2.75) is 16.8 Å². The SMILES string of the molecule is COCCOc1ccc(C2=CCC(I)C(=O)N2CC(F)F)c(Cl)c1. The molecule has 0 spiro atoms. The van der Waals surface area contributed by atoms with Crippen LogP contribution in [-0.4, -0.2) is 48.0 Å². The summed E-state index contributed by atoms with van der Waals surface area (Å²) in [7, 11) is 1.57. The van der Waals surface area contributed by atoms with Crippen molar-refractivity contribution in [3.05, 3.63) is 34.9 Å². The number of carbonyl (C=O) groups is 1. The van der Waals surface area contributed by atoms with E-state index in [1.165, 1.54) is 0 Å². The zero-order chi connectivity index (χ0) is 17.7. The van der Waals surface area contributed by atoms with E-state index in [4.69, 9.17) is 21.1 Å². The van der Waals surface area contributed by atoms with E-state index < -0.39 is 13.0 Å². The summed E-state index contributed by atoms with van der Waals surface area (Å²) in [4.78, 5) is 13.4. The molecule has 8 heteroatoms. The second-order valence-corrected chi connectivity index (χ2v) is 7.03. The fraction of sp³-hybridized carbons (Fsp3) is 0.438. The molecule has 1 aliphatic rings. The third-order valence-electron chi connectivity index (χ3n) is 3.44. The van der Waals surface area contributed by atoms with Crippen LogP contribution in [0.5, 0.6) is 5.75 Å². The van der Waals surface area contributed by atoms with Crippen molar-refractivity contribution in [2.24, 2.45) is 0 Å². The lowest BCUT2D eigenvalue weighted by molar-refractivity contribution is -0.128. The Morgan fingerprint density at radius 1 is 1.42 bits per heavy atom. The van der Waals surface area contributed by atoms with E-state index in [9.17, 15) is 13.6 Å². The van der Waals surface area contributed by atoms with E-state index in [2.05, 4.69) is 0 Å². The predicted molar refractivity (Wildman–Crippen MR) is 96.9 cm³/mol. The van der Waals surface area contributed by atoms with E-state index in [1.807, 2.05) is 22.6 Å². The van der Waals surface area contributed by atoms with Gasteiger partial charge in [0.05, 0.1) is 22.1 Å². The van der Waals surface area contributed by atoms with Crippen LogP contribution < -0.4 is 4.74 Å². The Hall–Kier alpha value is -0.930. The Labute approximate surface area is 157 Å². The number of ether oxygens (including phenoxy) is 2. The van der Waals surface area contributed by atoms with Crippen molar-refractivity contribution in [1.82, 2.24) is 4.90 Å². The highest BCUT2D eigenvalue weighted by Crippen LogP contribution is 2.34. The second kappa shape index (κ2) is 8.96. The maximum atomic E-state index is 12.9. The van der Waals surface area contributed by atoms with Crippen LogP contribution in [-0.2, 0) is 9.53 Å². The summed E-state index contributed by atoms with van der Waals surface area (Å²) in [5.41, 5.74) is 0.953. The number of hydrogen-bond acceptors (Lipinski definition) is 3. The lowest BCUT2D eigenvalue weighted by atomic mass is 10.0. The molecular formula is C16H17ClF2INO3. The highest BCUT2D eigenvalue weighted by Gasteiger charge is 2.31. The van der Waals surface area contributed by atoms with Crippen molar-refractivity contribution < 1.29 is 23.0 Å². The Morgan fingerprint density at radius 3 is 2.79 bits per heavy atom. The fourth-order valence-corrected chi connectivity index (χ4v) is 3.19. The zero-order valence-corrected chi connectivity index (χ0v) is 15.9. The summed E-state index contributed by atoms with van der Waals surface area (Å²) in [6, 6.07) is 4.98. The van der Waals surface area contributed by atoms with Gasteiger partial charge in [0.1, 0.15) is 12.4 Å². The molecule has 4 nitrogen and oxygen atoms in total. The number of hydrogen-bond donors (Lipinski definition) is 0. The molecule has 1 atom stereocenters. The molecule has 0 N–H and O–H groups in total. The van der Waals surface area contributed by atoms with Crippen molar-refractivity contribution in [3.63, 3.8) is 0 Å². The molecule has 1 aliphatic heterocycles. The summed E-state index contributed by atoms with van der Waals surface area (Å²) in [6.45, 7) is 0.173. The third kappa shape index (κ3) is 4.80. The molecule has 0 aromatic heterocycles. The number of halogens is 4. The number of amides is 1. The molecule has 1 aromatic carbocycles. The lowest BCUT2D eigenvalue weighted by Gasteiger charge is -2.31. The molecule has 0 radical (unpaired) electrons. The van der Waals surface area contributed by atoms with Gasteiger partial charge in [-0.1, -0.05) is 40.3 Å². The average molecular weight is 472 g/mol. The maximum Gasteiger partial charge on any atom is 0.256 e. The van der Waals surface area contributed by atoms with Crippen molar-refractivity contribution in [3.8, 4) is 5.75 Å². The highest BCUT2D eigenvalue weighted by molar-refractivity contribution is 14.1. The van der Waals surface area contributed by atoms with Crippen molar-refractivity contribution >= 4 is 45.8 Å². The molecule has 0 fully saturated rings. The van der Waals surface area contributed by atoms with Gasteiger partial charge in [-0.15, -0.1) is 0 Å². The number of methoxy groups -OCH3 is 1. The smallest absolute Gasteiger partial charge is 0.256 e. The fourth-order valence-electron chi connectivity index (χ4n) is 2.33. The van der Waals surface area contributed by atoms with Crippen LogP contribution in [0.3, 0.4) is 0 Å². The van der Waals surface area contributed by atoms with Gasteiger partial charge in [-0.3, -0.25) is 4.79 Å². The molecule has 1 amide bonds. The Morgan fingerprint density at radius 2 is 2.17 bits per heavy atom. The summed E-state index contributed by atoms with van der Waals surface area (Å²) in [5, 5.41) is 0.343. The van der Waals surface area contributed by atoms with Gasteiger partial charge < -0.3 is 14.4 Å². The minimum absolute atomic E-state index is 0.329. The van der Waals surface area contributed by atoms with Gasteiger partial charge in [0.25, 0.3) is 6.43 Å². The molecule has 1 heterocycles. The molecule has 0 aliphatic carbocycles. The molecule has 1 aromatic rings. The first-order chi connectivity index (χ1) is 11.4. The van der Waals surface area contributed by atoms with Crippen molar-refractivity contribution in [1.29, 1.82) is 0 Å². The number of rotatable bonds is 7. The van der Waals surface area contributed by atoms with Crippen molar-refractivity contribution in [2.75, 3.05) is 26.9 Å². The summed E-state index contributed by atoms with van der Waals surface area (Å²) in [6.07, 6.45) is -0.362. The van der Waals surface area contributed by atoms with E-state index >= 15 is 0 Å². The quantitative estimate of drug-likeness (QED) is 0.343.